The molecule has 0 fully saturated rings. The van der Waals surface area contributed by atoms with Gasteiger partial charge in [-0.15, -0.1) is 0 Å². The van der Waals surface area contributed by atoms with Crippen molar-refractivity contribution in [1.82, 2.24) is 0 Å². The zero-order chi connectivity index (χ0) is 13.3. The number of carboxylic acid groups (broad SMARTS) is 1. The normalized spacial score (nSPS) is 10.4. The minimum Gasteiger partial charge on any atom is -0.478 e. The molecule has 2 aromatic rings. The number of aromatic carboxylic acids is 1. The van der Waals surface area contributed by atoms with E-state index in [0.717, 1.165) is 27.8 Å². The van der Waals surface area contributed by atoms with Crippen molar-refractivity contribution >= 4 is 5.97 Å². The van der Waals surface area contributed by atoms with Gasteiger partial charge in [0.2, 0.25) is 0 Å². The average molecular weight is 240 g/mol. The smallest absolute Gasteiger partial charge is 0.336 e. The Kier molecular flexibility index (Phi) is 3.19. The zero-order valence-corrected chi connectivity index (χ0v) is 10.8. The van der Waals surface area contributed by atoms with E-state index in [-0.39, 0.29) is 0 Å². The van der Waals surface area contributed by atoms with E-state index in [4.69, 9.17) is 0 Å². The maximum absolute atomic E-state index is 11.2. The highest BCUT2D eigenvalue weighted by Gasteiger charge is 2.15. The van der Waals surface area contributed by atoms with Gasteiger partial charge in [0.25, 0.3) is 0 Å². The van der Waals surface area contributed by atoms with Gasteiger partial charge in [-0.25, -0.2) is 4.79 Å². The molecule has 0 atom stereocenters. The van der Waals surface area contributed by atoms with Crippen LogP contribution in [0.3, 0.4) is 0 Å². The summed E-state index contributed by atoms with van der Waals surface area (Å²) in [5, 5.41) is 9.23. The van der Waals surface area contributed by atoms with Crippen molar-refractivity contribution in [1.29, 1.82) is 0 Å². The van der Waals surface area contributed by atoms with Crippen LogP contribution in [0.5, 0.6) is 0 Å². The summed E-state index contributed by atoms with van der Waals surface area (Å²) in [6.07, 6.45) is 0. The molecule has 0 aliphatic carbocycles. The minimum absolute atomic E-state index is 0.423. The van der Waals surface area contributed by atoms with Gasteiger partial charge < -0.3 is 5.11 Å². The van der Waals surface area contributed by atoms with Crippen LogP contribution in [0.2, 0.25) is 0 Å². The lowest BCUT2D eigenvalue weighted by Gasteiger charge is -2.14. The monoisotopic (exact) mass is 240 g/mol. The fraction of sp³-hybridized carbons (Fsp3) is 0.188. The average Bonchev–Trinajstić information content (AvgIpc) is 2.34. The van der Waals surface area contributed by atoms with Crippen LogP contribution >= 0.6 is 0 Å². The van der Waals surface area contributed by atoms with E-state index in [9.17, 15) is 9.90 Å². The molecule has 1 N–H and O–H groups in total. The molecule has 2 rings (SSSR count). The third-order valence-electron chi connectivity index (χ3n) is 3.40. The molecule has 0 bridgehead atoms. The summed E-state index contributed by atoms with van der Waals surface area (Å²) in [4.78, 5) is 11.2. The second kappa shape index (κ2) is 4.65. The predicted molar refractivity (Wildman–Crippen MR) is 73.0 cm³/mol. The van der Waals surface area contributed by atoms with Crippen LogP contribution in [-0.2, 0) is 0 Å². The van der Waals surface area contributed by atoms with Crippen LogP contribution in [0.15, 0.2) is 36.4 Å². The molecule has 2 aromatic carbocycles. The number of hydrogen-bond acceptors (Lipinski definition) is 1. The second-order valence-corrected chi connectivity index (χ2v) is 4.54. The van der Waals surface area contributed by atoms with Crippen LogP contribution in [0.4, 0.5) is 0 Å². The van der Waals surface area contributed by atoms with E-state index in [1.807, 2.05) is 57.2 Å². The lowest BCUT2D eigenvalue weighted by molar-refractivity contribution is 0.0695. The van der Waals surface area contributed by atoms with E-state index >= 15 is 0 Å². The van der Waals surface area contributed by atoms with Gasteiger partial charge in [-0.2, -0.15) is 0 Å². The molecular weight excluding hydrogens is 224 g/mol. The molecule has 0 aromatic heterocycles. The standard InChI is InChI=1S/C16H16O2/c1-10-9-14(13-7-5-4-6-8-13)11(2)12(3)15(10)16(17)18/h4-9H,1-3H3,(H,17,18). The van der Waals surface area contributed by atoms with Crippen molar-refractivity contribution in [2.75, 3.05) is 0 Å². The van der Waals surface area contributed by atoms with Gasteiger partial charge in [0.1, 0.15) is 0 Å². The minimum atomic E-state index is -0.854. The number of rotatable bonds is 2. The summed E-state index contributed by atoms with van der Waals surface area (Å²) >= 11 is 0. The fourth-order valence-corrected chi connectivity index (χ4v) is 2.33. The van der Waals surface area contributed by atoms with Crippen molar-refractivity contribution in [2.45, 2.75) is 20.8 Å². The Morgan fingerprint density at radius 2 is 1.61 bits per heavy atom. The van der Waals surface area contributed by atoms with E-state index in [1.165, 1.54) is 0 Å². The Morgan fingerprint density at radius 3 is 2.17 bits per heavy atom. The van der Waals surface area contributed by atoms with Crippen LogP contribution in [0.1, 0.15) is 27.0 Å². The van der Waals surface area contributed by atoms with Crippen LogP contribution in [0, 0.1) is 20.8 Å². The Morgan fingerprint density at radius 1 is 1.00 bits per heavy atom. The predicted octanol–water partition coefficient (Wildman–Crippen LogP) is 3.98. The molecule has 0 unspecified atom stereocenters. The number of carbonyl (C=O) groups is 1. The summed E-state index contributed by atoms with van der Waals surface area (Å²) in [5.41, 5.74) is 5.34. The van der Waals surface area contributed by atoms with Crippen molar-refractivity contribution in [3.8, 4) is 11.1 Å². The molecular formula is C16H16O2. The highest BCUT2D eigenvalue weighted by atomic mass is 16.4. The third-order valence-corrected chi connectivity index (χ3v) is 3.40. The first kappa shape index (κ1) is 12.4. The molecule has 92 valence electrons. The van der Waals surface area contributed by atoms with E-state index in [1.54, 1.807) is 0 Å². The Labute approximate surface area is 107 Å². The van der Waals surface area contributed by atoms with Crippen LogP contribution < -0.4 is 0 Å². The first-order chi connectivity index (χ1) is 8.52. The summed E-state index contributed by atoms with van der Waals surface area (Å²) in [7, 11) is 0. The van der Waals surface area contributed by atoms with Gasteiger partial charge in [-0.05, 0) is 48.6 Å². The van der Waals surface area contributed by atoms with Crippen molar-refractivity contribution in [2.24, 2.45) is 0 Å². The van der Waals surface area contributed by atoms with Gasteiger partial charge in [0, 0.05) is 0 Å². The molecule has 0 saturated heterocycles. The summed E-state index contributed by atoms with van der Waals surface area (Å²) in [6.45, 7) is 5.70. The molecule has 0 spiro atoms. The van der Waals surface area contributed by atoms with Crippen molar-refractivity contribution in [3.63, 3.8) is 0 Å². The first-order valence-electron chi connectivity index (χ1n) is 5.92. The molecule has 0 heterocycles. The largest absolute Gasteiger partial charge is 0.478 e. The molecule has 0 aliphatic heterocycles. The van der Waals surface area contributed by atoms with E-state index in [0.29, 0.717) is 5.56 Å². The molecule has 18 heavy (non-hydrogen) atoms. The zero-order valence-electron chi connectivity index (χ0n) is 10.8. The highest BCUT2D eigenvalue weighted by Crippen LogP contribution is 2.29. The van der Waals surface area contributed by atoms with Gasteiger partial charge in [0.05, 0.1) is 5.56 Å². The van der Waals surface area contributed by atoms with Gasteiger partial charge >= 0.3 is 5.97 Å². The third kappa shape index (κ3) is 2.02. The maximum atomic E-state index is 11.2. The Bertz CT molecular complexity index is 598. The second-order valence-electron chi connectivity index (χ2n) is 4.54. The number of hydrogen-bond donors (Lipinski definition) is 1. The quantitative estimate of drug-likeness (QED) is 0.862. The molecule has 0 aliphatic rings. The van der Waals surface area contributed by atoms with Crippen molar-refractivity contribution in [3.05, 3.63) is 58.7 Å². The van der Waals surface area contributed by atoms with Crippen LogP contribution in [-0.4, -0.2) is 11.1 Å². The molecule has 0 radical (unpaired) electrons. The summed E-state index contributed by atoms with van der Waals surface area (Å²) in [6, 6.07) is 12.0. The topological polar surface area (TPSA) is 37.3 Å². The SMILES string of the molecule is Cc1cc(-c2ccccc2)c(C)c(C)c1C(=O)O. The van der Waals surface area contributed by atoms with Gasteiger partial charge in [-0.3, -0.25) is 0 Å². The lowest BCUT2D eigenvalue weighted by Crippen LogP contribution is -2.05. The first-order valence-corrected chi connectivity index (χ1v) is 5.92. The lowest BCUT2D eigenvalue weighted by atomic mass is 9.90. The highest BCUT2D eigenvalue weighted by molar-refractivity contribution is 5.93. The Hall–Kier alpha value is -2.09. The van der Waals surface area contributed by atoms with Crippen LogP contribution in [0.25, 0.3) is 11.1 Å². The van der Waals surface area contributed by atoms with Crippen molar-refractivity contribution < 1.29 is 9.90 Å². The number of carboxylic acids is 1. The molecule has 2 nitrogen and oxygen atoms in total. The van der Waals surface area contributed by atoms with Gasteiger partial charge in [-0.1, -0.05) is 36.4 Å². The maximum Gasteiger partial charge on any atom is 0.336 e. The molecule has 0 amide bonds. The van der Waals surface area contributed by atoms with E-state index in [2.05, 4.69) is 0 Å². The summed E-state index contributed by atoms with van der Waals surface area (Å²) < 4.78 is 0. The van der Waals surface area contributed by atoms with E-state index < -0.39 is 5.97 Å². The fourth-order valence-electron chi connectivity index (χ4n) is 2.33. The molecule has 2 heteroatoms. The molecule has 0 saturated carbocycles. The summed E-state index contributed by atoms with van der Waals surface area (Å²) in [5.74, 6) is -0.854. The number of benzene rings is 2. The Balaban J connectivity index is 2.70. The number of aryl methyl sites for hydroxylation is 1. The van der Waals surface area contributed by atoms with Gasteiger partial charge in [0.15, 0.2) is 0 Å².